The Morgan fingerprint density at radius 3 is 2.73 bits per heavy atom. The number of likely N-dealkylation sites (N-methyl/N-ethyl adjacent to an activating group) is 1. The Morgan fingerprint density at radius 1 is 1.21 bits per heavy atom. The Bertz CT molecular complexity index is 1060. The summed E-state index contributed by atoms with van der Waals surface area (Å²) in [6.07, 6.45) is 2.53. The van der Waals surface area contributed by atoms with Crippen LogP contribution in [-0.2, 0) is 6.54 Å². The van der Waals surface area contributed by atoms with E-state index in [9.17, 15) is 4.79 Å². The van der Waals surface area contributed by atoms with Gasteiger partial charge in [0.25, 0.3) is 5.91 Å². The Labute approximate surface area is 199 Å². The standard InChI is InChI=1S/C25H30N4O3S/c1-26-11-10-22(23-5-4-14-33-23)32-19-8-6-18(7-9-19)17-29-13-12-28(2)21-15-24(31-3)27-16-20(21)25(29)30/h4-9,14-16,22,26H,10-13,17H2,1-3H3. The molecule has 1 aliphatic heterocycles. The van der Waals surface area contributed by atoms with Crippen LogP contribution in [0.5, 0.6) is 11.6 Å². The number of methoxy groups -OCH3 is 1. The molecule has 1 aromatic carbocycles. The number of carbonyl (C=O) groups excluding carboxylic acids is 1. The summed E-state index contributed by atoms with van der Waals surface area (Å²) in [6, 6.07) is 14.0. The van der Waals surface area contributed by atoms with E-state index >= 15 is 0 Å². The van der Waals surface area contributed by atoms with Crippen molar-refractivity contribution < 1.29 is 14.3 Å². The molecule has 174 valence electrons. The van der Waals surface area contributed by atoms with Crippen LogP contribution >= 0.6 is 11.3 Å². The number of pyridine rings is 1. The minimum absolute atomic E-state index is 0.0188. The Kier molecular flexibility index (Phi) is 7.47. The smallest absolute Gasteiger partial charge is 0.257 e. The lowest BCUT2D eigenvalue weighted by Crippen LogP contribution is -2.33. The fourth-order valence-electron chi connectivity index (χ4n) is 3.90. The summed E-state index contributed by atoms with van der Waals surface area (Å²) in [5.74, 6) is 1.32. The van der Waals surface area contributed by atoms with Crippen LogP contribution in [0, 0.1) is 0 Å². The van der Waals surface area contributed by atoms with Crippen LogP contribution in [0.25, 0.3) is 0 Å². The summed E-state index contributed by atoms with van der Waals surface area (Å²) >= 11 is 1.71. The van der Waals surface area contributed by atoms with E-state index in [0.29, 0.717) is 24.5 Å². The number of amides is 1. The molecule has 8 heteroatoms. The number of anilines is 1. The van der Waals surface area contributed by atoms with Crippen molar-refractivity contribution in [3.05, 3.63) is 70.0 Å². The predicted octanol–water partition coefficient (Wildman–Crippen LogP) is 3.97. The van der Waals surface area contributed by atoms with Crippen molar-refractivity contribution in [3.8, 4) is 11.6 Å². The van der Waals surface area contributed by atoms with Crippen molar-refractivity contribution in [3.63, 3.8) is 0 Å². The van der Waals surface area contributed by atoms with Crippen LogP contribution in [0.4, 0.5) is 5.69 Å². The number of aromatic nitrogens is 1. The highest BCUT2D eigenvalue weighted by Crippen LogP contribution is 2.30. The molecular formula is C25H30N4O3S. The van der Waals surface area contributed by atoms with Gasteiger partial charge in [-0.3, -0.25) is 4.79 Å². The molecule has 7 nitrogen and oxygen atoms in total. The molecule has 0 saturated carbocycles. The molecule has 33 heavy (non-hydrogen) atoms. The fourth-order valence-corrected chi connectivity index (χ4v) is 4.69. The summed E-state index contributed by atoms with van der Waals surface area (Å²) in [4.78, 5) is 22.6. The first-order chi connectivity index (χ1) is 16.1. The number of hydrogen-bond acceptors (Lipinski definition) is 7. The van der Waals surface area contributed by atoms with Crippen LogP contribution in [0.1, 0.15) is 33.3 Å². The largest absolute Gasteiger partial charge is 0.485 e. The van der Waals surface area contributed by atoms with Crippen LogP contribution in [0.3, 0.4) is 0 Å². The SMILES string of the molecule is CNCCC(Oc1ccc(CN2CCN(C)c3cc(OC)ncc3C2=O)cc1)c1cccs1. The number of hydrogen-bond donors (Lipinski definition) is 1. The summed E-state index contributed by atoms with van der Waals surface area (Å²) < 4.78 is 11.5. The molecule has 1 atom stereocenters. The van der Waals surface area contributed by atoms with E-state index in [4.69, 9.17) is 9.47 Å². The lowest BCUT2D eigenvalue weighted by Gasteiger charge is -2.22. The molecular weight excluding hydrogens is 436 g/mol. The zero-order chi connectivity index (χ0) is 23.2. The van der Waals surface area contributed by atoms with Crippen molar-refractivity contribution in [2.45, 2.75) is 19.1 Å². The van der Waals surface area contributed by atoms with Gasteiger partial charge in [-0.15, -0.1) is 11.3 Å². The van der Waals surface area contributed by atoms with Crippen molar-refractivity contribution in [2.75, 3.05) is 45.7 Å². The molecule has 0 saturated heterocycles. The van der Waals surface area contributed by atoms with Crippen LogP contribution in [0.15, 0.2) is 54.0 Å². The molecule has 0 bridgehead atoms. The number of rotatable bonds is 9. The van der Waals surface area contributed by atoms with E-state index in [1.807, 2.05) is 49.3 Å². The minimum Gasteiger partial charge on any atom is -0.485 e. The molecule has 1 N–H and O–H groups in total. The van der Waals surface area contributed by atoms with Gasteiger partial charge in [-0.05, 0) is 42.7 Å². The fraction of sp³-hybridized carbons (Fsp3) is 0.360. The van der Waals surface area contributed by atoms with Crippen molar-refractivity contribution in [1.29, 1.82) is 0 Å². The van der Waals surface area contributed by atoms with E-state index in [1.165, 1.54) is 4.88 Å². The lowest BCUT2D eigenvalue weighted by atomic mass is 10.1. The molecule has 1 unspecified atom stereocenters. The van der Waals surface area contributed by atoms with E-state index in [-0.39, 0.29) is 12.0 Å². The average Bonchev–Trinajstić information content (AvgIpc) is 3.35. The summed E-state index contributed by atoms with van der Waals surface area (Å²) in [6.45, 7) is 2.79. The number of thiophene rings is 1. The van der Waals surface area contributed by atoms with Gasteiger partial charge in [-0.1, -0.05) is 18.2 Å². The number of benzene rings is 1. The number of ether oxygens (including phenoxy) is 2. The molecule has 0 fully saturated rings. The van der Waals surface area contributed by atoms with Crippen molar-refractivity contribution in [1.82, 2.24) is 15.2 Å². The second-order valence-electron chi connectivity index (χ2n) is 8.05. The molecule has 1 amide bonds. The van der Waals surface area contributed by atoms with Gasteiger partial charge in [0.2, 0.25) is 5.88 Å². The van der Waals surface area contributed by atoms with Crippen LogP contribution in [0.2, 0.25) is 0 Å². The quantitative estimate of drug-likeness (QED) is 0.515. The van der Waals surface area contributed by atoms with Crippen molar-refractivity contribution in [2.24, 2.45) is 0 Å². The number of carbonyl (C=O) groups is 1. The van der Waals surface area contributed by atoms with Gasteiger partial charge in [0, 0.05) is 50.2 Å². The molecule has 0 aliphatic carbocycles. The first kappa shape index (κ1) is 23.1. The van der Waals surface area contributed by atoms with Gasteiger partial charge in [0.1, 0.15) is 11.9 Å². The highest BCUT2D eigenvalue weighted by molar-refractivity contribution is 7.10. The normalized spacial score (nSPS) is 14.6. The minimum atomic E-state index is -0.0188. The van der Waals surface area contributed by atoms with Gasteiger partial charge in [0.15, 0.2) is 0 Å². The molecule has 2 aromatic heterocycles. The summed E-state index contributed by atoms with van der Waals surface area (Å²) in [5, 5.41) is 5.28. The Hall–Kier alpha value is -3.10. The van der Waals surface area contributed by atoms with Crippen LogP contribution in [-0.4, -0.2) is 56.6 Å². The first-order valence-electron chi connectivity index (χ1n) is 11.1. The lowest BCUT2D eigenvalue weighted by molar-refractivity contribution is 0.0754. The predicted molar refractivity (Wildman–Crippen MR) is 131 cm³/mol. The third kappa shape index (κ3) is 5.46. The maximum Gasteiger partial charge on any atom is 0.257 e. The van der Waals surface area contributed by atoms with Gasteiger partial charge in [0.05, 0.1) is 18.4 Å². The molecule has 0 radical (unpaired) electrons. The molecule has 3 aromatic rings. The van der Waals surface area contributed by atoms with E-state index in [1.54, 1.807) is 24.6 Å². The van der Waals surface area contributed by atoms with E-state index in [2.05, 4.69) is 32.7 Å². The highest BCUT2D eigenvalue weighted by atomic mass is 32.1. The molecule has 3 heterocycles. The van der Waals surface area contributed by atoms with Gasteiger partial charge in [-0.25, -0.2) is 4.98 Å². The number of nitrogens with one attached hydrogen (secondary N) is 1. The van der Waals surface area contributed by atoms with Gasteiger partial charge >= 0.3 is 0 Å². The van der Waals surface area contributed by atoms with Crippen molar-refractivity contribution >= 4 is 22.9 Å². The Morgan fingerprint density at radius 2 is 2.03 bits per heavy atom. The maximum atomic E-state index is 13.2. The molecule has 4 rings (SSSR count). The maximum absolute atomic E-state index is 13.2. The first-order valence-corrected chi connectivity index (χ1v) is 11.9. The summed E-state index contributed by atoms with van der Waals surface area (Å²) in [7, 11) is 5.52. The molecule has 1 aliphatic rings. The monoisotopic (exact) mass is 466 g/mol. The summed E-state index contributed by atoms with van der Waals surface area (Å²) in [5.41, 5.74) is 2.50. The number of fused-ring (bicyclic) bond motifs is 1. The van der Waals surface area contributed by atoms with Gasteiger partial charge < -0.3 is 24.6 Å². The third-order valence-corrected chi connectivity index (χ3v) is 6.76. The van der Waals surface area contributed by atoms with E-state index in [0.717, 1.165) is 36.5 Å². The zero-order valence-electron chi connectivity index (χ0n) is 19.3. The second kappa shape index (κ2) is 10.7. The third-order valence-electron chi connectivity index (χ3n) is 5.79. The highest BCUT2D eigenvalue weighted by Gasteiger charge is 2.26. The average molecular weight is 467 g/mol. The van der Waals surface area contributed by atoms with Gasteiger partial charge in [-0.2, -0.15) is 0 Å². The number of nitrogens with zero attached hydrogens (tertiary/aromatic N) is 3. The van der Waals surface area contributed by atoms with Crippen LogP contribution < -0.4 is 19.7 Å². The zero-order valence-corrected chi connectivity index (χ0v) is 20.1. The second-order valence-corrected chi connectivity index (χ2v) is 9.03. The molecule has 0 spiro atoms. The van der Waals surface area contributed by atoms with E-state index < -0.39 is 0 Å². The topological polar surface area (TPSA) is 66.9 Å². The Balaban J connectivity index is 1.45.